The highest BCUT2D eigenvalue weighted by atomic mass is 35.5. The second-order valence-electron chi connectivity index (χ2n) is 9.91. The van der Waals surface area contributed by atoms with Gasteiger partial charge in [0.15, 0.2) is 0 Å². The third kappa shape index (κ3) is 5.82. The fraction of sp³-hybridized carbons (Fsp3) is 0.231. The van der Waals surface area contributed by atoms with Gasteiger partial charge < -0.3 is 0 Å². The molecule has 0 atom stereocenters. The van der Waals surface area contributed by atoms with Gasteiger partial charge in [-0.25, -0.2) is 9.36 Å². The van der Waals surface area contributed by atoms with Gasteiger partial charge in [-0.15, -0.1) is 20.4 Å². The molecule has 18 heteroatoms. The summed E-state index contributed by atoms with van der Waals surface area (Å²) in [5.41, 5.74) is 2.26. The van der Waals surface area contributed by atoms with Crippen molar-refractivity contribution < 1.29 is 0 Å². The molecule has 0 fully saturated rings. The first-order valence-electron chi connectivity index (χ1n) is 13.1. The van der Waals surface area contributed by atoms with Crippen molar-refractivity contribution in [2.75, 3.05) is 0 Å². The van der Waals surface area contributed by atoms with Crippen molar-refractivity contribution in [2.45, 2.75) is 49.8 Å². The summed E-state index contributed by atoms with van der Waals surface area (Å²) in [6.45, 7) is 7.87. The number of halogens is 4. The van der Waals surface area contributed by atoms with Crippen LogP contribution in [0.25, 0.3) is 34.2 Å². The van der Waals surface area contributed by atoms with E-state index in [1.807, 2.05) is 27.7 Å². The summed E-state index contributed by atoms with van der Waals surface area (Å²) in [5, 5.41) is 38.4. The van der Waals surface area contributed by atoms with Crippen LogP contribution in [0.5, 0.6) is 0 Å². The summed E-state index contributed by atoms with van der Waals surface area (Å²) in [6.07, 6.45) is 3.31. The number of tetrazole rings is 2. The Hall–Kier alpha value is -3.14. The Morgan fingerprint density at radius 3 is 1.27 bits per heavy atom. The van der Waals surface area contributed by atoms with Crippen LogP contribution >= 0.6 is 68.0 Å². The molecule has 0 aliphatic carbocycles. The lowest BCUT2D eigenvalue weighted by molar-refractivity contribution is 0.455. The molecule has 0 amide bonds. The maximum Gasteiger partial charge on any atom is 0.209 e. The van der Waals surface area contributed by atoms with Gasteiger partial charge in [0.25, 0.3) is 0 Å². The number of hydrogen-bond acceptors (Lipinski definition) is 10. The fourth-order valence-corrected chi connectivity index (χ4v) is 7.62. The average molecular weight is 708 g/mol. The molecule has 44 heavy (non-hydrogen) atoms. The highest BCUT2D eigenvalue weighted by Crippen LogP contribution is 2.47. The first kappa shape index (κ1) is 30.9. The monoisotopic (exact) mass is 706 g/mol. The molecule has 2 aromatic carbocycles. The quantitative estimate of drug-likeness (QED) is 0.137. The van der Waals surface area contributed by atoms with E-state index in [1.54, 1.807) is 58.2 Å². The Labute approximate surface area is 279 Å². The Kier molecular flexibility index (Phi) is 8.91. The van der Waals surface area contributed by atoms with Gasteiger partial charge in [0.05, 0.1) is 55.7 Å². The van der Waals surface area contributed by atoms with Crippen LogP contribution in [0.1, 0.15) is 39.8 Å². The standard InChI is InChI=1S/C26H22Cl4N12S2/c1-13(2)41-35-23(33-37-41)15-11-31-39(21-17(27)7-5-8-18(21)28)25(15)43-44-26-16(24-34-38-42(36-24)14(3)4)12-32-40(26)22-19(29)9-6-10-20(22)30/h5-14H,1-4H3. The number of rotatable bonds is 9. The van der Waals surface area contributed by atoms with Gasteiger partial charge in [-0.2, -0.15) is 19.8 Å². The van der Waals surface area contributed by atoms with Gasteiger partial charge >= 0.3 is 0 Å². The molecule has 4 aromatic heterocycles. The van der Waals surface area contributed by atoms with Crippen molar-refractivity contribution in [1.29, 1.82) is 0 Å². The van der Waals surface area contributed by atoms with Crippen LogP contribution in [0.2, 0.25) is 20.1 Å². The predicted molar refractivity (Wildman–Crippen MR) is 173 cm³/mol. The van der Waals surface area contributed by atoms with Gasteiger partial charge in [-0.05, 0) is 84.0 Å². The second kappa shape index (κ2) is 12.7. The van der Waals surface area contributed by atoms with Crippen LogP contribution in [0.3, 0.4) is 0 Å². The van der Waals surface area contributed by atoms with Crippen LogP contribution in [0, 0.1) is 0 Å². The van der Waals surface area contributed by atoms with Gasteiger partial charge in [0.1, 0.15) is 21.4 Å². The Balaban J connectivity index is 1.50. The molecule has 0 saturated carbocycles. The van der Waals surface area contributed by atoms with Gasteiger partial charge in [-0.3, -0.25) is 0 Å². The topological polar surface area (TPSA) is 123 Å². The minimum Gasteiger partial charge on any atom is -0.223 e. The SMILES string of the molecule is CC(C)n1nnc(-c2cnn(-c3c(Cl)cccc3Cl)c2SSc2c(-c3nnn(C(C)C)n3)cnn2-c2c(Cl)cccc2Cl)n1. The lowest BCUT2D eigenvalue weighted by Gasteiger charge is -2.13. The maximum absolute atomic E-state index is 6.63. The Morgan fingerprint density at radius 1 is 0.591 bits per heavy atom. The molecule has 12 nitrogen and oxygen atoms in total. The molecular weight excluding hydrogens is 686 g/mol. The van der Waals surface area contributed by atoms with Crippen molar-refractivity contribution >= 4 is 68.0 Å². The first-order valence-corrected chi connectivity index (χ1v) is 16.8. The third-order valence-electron chi connectivity index (χ3n) is 6.21. The molecule has 226 valence electrons. The fourth-order valence-electron chi connectivity index (χ4n) is 4.03. The number of benzene rings is 2. The summed E-state index contributed by atoms with van der Waals surface area (Å²) in [7, 11) is 2.72. The van der Waals surface area contributed by atoms with Crippen LogP contribution in [0.15, 0.2) is 58.8 Å². The summed E-state index contributed by atoms with van der Waals surface area (Å²) in [4.78, 5) is 3.07. The first-order chi connectivity index (χ1) is 21.1. The van der Waals surface area contributed by atoms with Gasteiger partial charge in [0.2, 0.25) is 11.6 Å². The van der Waals surface area contributed by atoms with Crippen LogP contribution in [-0.4, -0.2) is 60.0 Å². The van der Waals surface area contributed by atoms with Crippen molar-refractivity contribution in [1.82, 2.24) is 60.0 Å². The Morgan fingerprint density at radius 2 is 0.955 bits per heavy atom. The minimum atomic E-state index is 0.0128. The molecule has 0 spiro atoms. The van der Waals surface area contributed by atoms with E-state index in [0.29, 0.717) is 64.3 Å². The molecule has 0 N–H and O–H groups in total. The number of nitrogens with zero attached hydrogens (tertiary/aromatic N) is 12. The molecule has 0 aliphatic rings. The maximum atomic E-state index is 6.63. The summed E-state index contributed by atoms with van der Waals surface area (Å²) in [5.74, 6) is 0.779. The van der Waals surface area contributed by atoms with E-state index in [0.717, 1.165) is 0 Å². The predicted octanol–water partition coefficient (Wildman–Crippen LogP) is 7.94. The van der Waals surface area contributed by atoms with E-state index in [9.17, 15) is 0 Å². The zero-order chi connectivity index (χ0) is 31.1. The molecule has 0 bridgehead atoms. The smallest absolute Gasteiger partial charge is 0.209 e. The highest BCUT2D eigenvalue weighted by Gasteiger charge is 2.26. The zero-order valence-electron chi connectivity index (χ0n) is 23.5. The largest absolute Gasteiger partial charge is 0.223 e. The molecule has 0 saturated heterocycles. The number of para-hydroxylation sites is 2. The van der Waals surface area contributed by atoms with Crippen molar-refractivity contribution in [3.63, 3.8) is 0 Å². The molecule has 6 rings (SSSR count). The third-order valence-corrected chi connectivity index (χ3v) is 9.81. The van der Waals surface area contributed by atoms with Gasteiger partial charge in [0, 0.05) is 0 Å². The van der Waals surface area contributed by atoms with E-state index in [1.165, 1.54) is 31.2 Å². The number of aromatic nitrogens is 12. The zero-order valence-corrected chi connectivity index (χ0v) is 28.1. The second-order valence-corrected chi connectivity index (χ2v) is 13.6. The lowest BCUT2D eigenvalue weighted by Crippen LogP contribution is -2.05. The normalized spacial score (nSPS) is 11.8. The molecule has 4 heterocycles. The molecule has 0 radical (unpaired) electrons. The van der Waals surface area contributed by atoms with Crippen LogP contribution in [0.4, 0.5) is 0 Å². The van der Waals surface area contributed by atoms with E-state index in [4.69, 9.17) is 46.4 Å². The molecular formula is C26H22Cl4N12S2. The number of hydrogen-bond donors (Lipinski definition) is 0. The minimum absolute atomic E-state index is 0.0128. The summed E-state index contributed by atoms with van der Waals surface area (Å²) >= 11 is 26.5. The summed E-state index contributed by atoms with van der Waals surface area (Å²) < 4.78 is 3.31. The Bertz CT molecular complexity index is 1780. The summed E-state index contributed by atoms with van der Waals surface area (Å²) in [6, 6.07) is 10.5. The highest BCUT2D eigenvalue weighted by molar-refractivity contribution is 8.76. The molecule has 6 aromatic rings. The molecule has 0 aliphatic heterocycles. The van der Waals surface area contributed by atoms with E-state index < -0.39 is 0 Å². The van der Waals surface area contributed by atoms with Crippen molar-refractivity contribution in [2.24, 2.45) is 0 Å². The lowest BCUT2D eigenvalue weighted by atomic mass is 10.3. The molecule has 0 unspecified atom stereocenters. The van der Waals surface area contributed by atoms with Gasteiger partial charge in [-0.1, -0.05) is 58.5 Å². The van der Waals surface area contributed by atoms with Crippen LogP contribution < -0.4 is 0 Å². The average Bonchev–Trinajstić information content (AvgIpc) is 3.78. The van der Waals surface area contributed by atoms with E-state index in [-0.39, 0.29) is 12.1 Å². The van der Waals surface area contributed by atoms with Crippen LogP contribution in [-0.2, 0) is 0 Å². The van der Waals surface area contributed by atoms with Crippen molar-refractivity contribution in [3.8, 4) is 34.2 Å². The van der Waals surface area contributed by atoms with E-state index in [2.05, 4.69) is 41.0 Å². The van der Waals surface area contributed by atoms with E-state index >= 15 is 0 Å². The van der Waals surface area contributed by atoms with Crippen molar-refractivity contribution in [3.05, 3.63) is 68.9 Å².